The molecule has 1 aromatic rings. The van der Waals surface area contributed by atoms with Crippen LogP contribution in [0.25, 0.3) is 0 Å². The zero-order chi connectivity index (χ0) is 12.5. The SMILES string of the molecule is C=C[C@H](N)c1cc(Br)cc(C(F)(F)F)c1O.Cl. The first-order valence-electron chi connectivity index (χ1n) is 4.25. The van der Waals surface area contributed by atoms with Crippen molar-refractivity contribution in [1.82, 2.24) is 0 Å². The number of halogens is 5. The van der Waals surface area contributed by atoms with Gasteiger partial charge in [0.05, 0.1) is 11.6 Å². The van der Waals surface area contributed by atoms with E-state index in [1.807, 2.05) is 0 Å². The first-order chi connectivity index (χ1) is 7.27. The van der Waals surface area contributed by atoms with Gasteiger partial charge in [-0.2, -0.15) is 13.2 Å². The molecule has 0 aliphatic rings. The van der Waals surface area contributed by atoms with E-state index < -0.39 is 23.5 Å². The molecule has 96 valence electrons. The number of alkyl halides is 3. The van der Waals surface area contributed by atoms with E-state index in [-0.39, 0.29) is 22.4 Å². The predicted octanol–water partition coefficient (Wildman–Crippen LogP) is 3.78. The van der Waals surface area contributed by atoms with E-state index in [2.05, 4.69) is 22.5 Å². The molecule has 0 saturated carbocycles. The lowest BCUT2D eigenvalue weighted by atomic mass is 10.0. The third-order valence-electron chi connectivity index (χ3n) is 2.02. The van der Waals surface area contributed by atoms with Gasteiger partial charge >= 0.3 is 6.18 Å². The summed E-state index contributed by atoms with van der Waals surface area (Å²) in [6.45, 7) is 3.37. The fourth-order valence-corrected chi connectivity index (χ4v) is 1.69. The molecule has 0 amide bonds. The van der Waals surface area contributed by atoms with Gasteiger partial charge in [-0.15, -0.1) is 19.0 Å². The Bertz CT molecular complexity index is 423. The van der Waals surface area contributed by atoms with Crippen molar-refractivity contribution in [3.05, 3.63) is 40.4 Å². The molecule has 0 aromatic heterocycles. The second-order valence-electron chi connectivity index (χ2n) is 3.15. The number of rotatable bonds is 2. The number of aromatic hydroxyl groups is 1. The summed E-state index contributed by atoms with van der Waals surface area (Å²) >= 11 is 2.94. The number of hydrogen-bond acceptors (Lipinski definition) is 2. The van der Waals surface area contributed by atoms with Gasteiger partial charge in [-0.05, 0) is 12.1 Å². The second kappa shape index (κ2) is 5.75. The summed E-state index contributed by atoms with van der Waals surface area (Å²) in [6.07, 6.45) is -3.37. The molecule has 0 aliphatic carbocycles. The molecule has 1 rings (SSSR count). The van der Waals surface area contributed by atoms with Crippen molar-refractivity contribution in [2.45, 2.75) is 12.2 Å². The molecule has 2 nitrogen and oxygen atoms in total. The maximum absolute atomic E-state index is 12.5. The lowest BCUT2D eigenvalue weighted by Crippen LogP contribution is -2.11. The Morgan fingerprint density at radius 2 is 1.94 bits per heavy atom. The van der Waals surface area contributed by atoms with Gasteiger partial charge in [0.15, 0.2) is 0 Å². The molecule has 1 aromatic carbocycles. The first kappa shape index (κ1) is 16.3. The van der Waals surface area contributed by atoms with Gasteiger partial charge in [-0.1, -0.05) is 22.0 Å². The van der Waals surface area contributed by atoms with Crippen molar-refractivity contribution in [2.24, 2.45) is 5.73 Å². The maximum atomic E-state index is 12.5. The Morgan fingerprint density at radius 1 is 1.41 bits per heavy atom. The molecule has 0 spiro atoms. The van der Waals surface area contributed by atoms with Crippen LogP contribution in [0.1, 0.15) is 17.2 Å². The summed E-state index contributed by atoms with van der Waals surface area (Å²) < 4.78 is 37.8. The van der Waals surface area contributed by atoms with Gasteiger partial charge in [0.25, 0.3) is 0 Å². The van der Waals surface area contributed by atoms with Gasteiger partial charge in [-0.3, -0.25) is 0 Å². The highest BCUT2D eigenvalue weighted by Gasteiger charge is 2.35. The zero-order valence-corrected chi connectivity index (χ0v) is 10.9. The Balaban J connectivity index is 0.00000256. The molecule has 3 N–H and O–H groups in total. The number of phenols is 1. The number of phenolic OH excluding ortho intramolecular Hbond substituents is 1. The fraction of sp³-hybridized carbons (Fsp3) is 0.200. The van der Waals surface area contributed by atoms with E-state index in [0.717, 1.165) is 6.07 Å². The molecule has 0 unspecified atom stereocenters. The second-order valence-corrected chi connectivity index (χ2v) is 4.07. The monoisotopic (exact) mass is 331 g/mol. The van der Waals surface area contributed by atoms with Crippen LogP contribution in [0.2, 0.25) is 0 Å². The Morgan fingerprint density at radius 3 is 2.35 bits per heavy atom. The lowest BCUT2D eigenvalue weighted by Gasteiger charge is -2.15. The minimum Gasteiger partial charge on any atom is -0.507 e. The minimum absolute atomic E-state index is 0. The average molecular weight is 333 g/mol. The van der Waals surface area contributed by atoms with Gasteiger partial charge in [-0.25, -0.2) is 0 Å². The third-order valence-corrected chi connectivity index (χ3v) is 2.48. The Hall–Kier alpha value is -0.720. The topological polar surface area (TPSA) is 46.2 Å². The Kier molecular flexibility index (Phi) is 5.51. The molecular formula is C10H10BrClF3NO. The largest absolute Gasteiger partial charge is 0.507 e. The van der Waals surface area contributed by atoms with Crippen molar-refractivity contribution in [3.63, 3.8) is 0 Å². The predicted molar refractivity (Wildman–Crippen MR) is 65.2 cm³/mol. The molecule has 17 heavy (non-hydrogen) atoms. The van der Waals surface area contributed by atoms with Crippen LogP contribution < -0.4 is 5.73 Å². The van der Waals surface area contributed by atoms with Crippen LogP contribution in [-0.4, -0.2) is 5.11 Å². The van der Waals surface area contributed by atoms with Gasteiger partial charge in [0.2, 0.25) is 0 Å². The van der Waals surface area contributed by atoms with E-state index in [9.17, 15) is 18.3 Å². The normalized spacial score (nSPS) is 12.8. The van der Waals surface area contributed by atoms with Crippen LogP contribution in [0, 0.1) is 0 Å². The van der Waals surface area contributed by atoms with E-state index in [4.69, 9.17) is 5.73 Å². The highest BCUT2D eigenvalue weighted by atomic mass is 79.9. The van der Waals surface area contributed by atoms with Crippen molar-refractivity contribution >= 4 is 28.3 Å². The Labute approximate surface area is 111 Å². The van der Waals surface area contributed by atoms with Crippen molar-refractivity contribution in [3.8, 4) is 5.75 Å². The van der Waals surface area contributed by atoms with E-state index in [1.54, 1.807) is 0 Å². The van der Waals surface area contributed by atoms with Crippen LogP contribution >= 0.6 is 28.3 Å². The molecule has 0 radical (unpaired) electrons. The van der Waals surface area contributed by atoms with E-state index in [1.165, 1.54) is 12.1 Å². The van der Waals surface area contributed by atoms with E-state index >= 15 is 0 Å². The van der Waals surface area contributed by atoms with Crippen molar-refractivity contribution < 1.29 is 18.3 Å². The molecule has 0 fully saturated rings. The summed E-state index contributed by atoms with van der Waals surface area (Å²) in [4.78, 5) is 0. The summed E-state index contributed by atoms with van der Waals surface area (Å²) in [7, 11) is 0. The zero-order valence-electron chi connectivity index (χ0n) is 8.46. The van der Waals surface area contributed by atoms with Crippen LogP contribution in [0.15, 0.2) is 29.3 Å². The fourth-order valence-electron chi connectivity index (χ4n) is 1.22. The summed E-state index contributed by atoms with van der Waals surface area (Å²) in [5, 5.41) is 9.48. The molecule has 1 atom stereocenters. The minimum atomic E-state index is -4.62. The van der Waals surface area contributed by atoms with Gasteiger partial charge in [0, 0.05) is 10.0 Å². The quantitative estimate of drug-likeness (QED) is 0.810. The molecule has 0 bridgehead atoms. The molecule has 7 heteroatoms. The van der Waals surface area contributed by atoms with Crippen LogP contribution in [0.4, 0.5) is 13.2 Å². The summed E-state index contributed by atoms with van der Waals surface area (Å²) in [6, 6.07) is 1.28. The third kappa shape index (κ3) is 3.62. The number of benzene rings is 1. The van der Waals surface area contributed by atoms with Gasteiger partial charge < -0.3 is 10.8 Å². The summed E-state index contributed by atoms with van der Waals surface area (Å²) in [5.74, 6) is -0.858. The molecule has 0 saturated heterocycles. The number of nitrogens with two attached hydrogens (primary N) is 1. The summed E-state index contributed by atoms with van der Waals surface area (Å²) in [5.41, 5.74) is 4.38. The van der Waals surface area contributed by atoms with Crippen LogP contribution in [0.3, 0.4) is 0 Å². The maximum Gasteiger partial charge on any atom is 0.420 e. The van der Waals surface area contributed by atoms with E-state index in [0.29, 0.717) is 0 Å². The number of hydrogen-bond donors (Lipinski definition) is 2. The smallest absolute Gasteiger partial charge is 0.420 e. The lowest BCUT2D eigenvalue weighted by molar-refractivity contribution is -0.138. The standard InChI is InChI=1S/C10H9BrF3NO.ClH/c1-2-8(15)6-3-5(11)4-7(9(6)16)10(12,13)14;/h2-4,8,16H,1,15H2;1H/t8-;/m0./s1. The van der Waals surface area contributed by atoms with Crippen molar-refractivity contribution in [1.29, 1.82) is 0 Å². The van der Waals surface area contributed by atoms with Crippen LogP contribution in [-0.2, 0) is 6.18 Å². The highest BCUT2D eigenvalue weighted by molar-refractivity contribution is 9.10. The first-order valence-corrected chi connectivity index (χ1v) is 5.04. The highest BCUT2D eigenvalue weighted by Crippen LogP contribution is 2.41. The molecular weight excluding hydrogens is 322 g/mol. The van der Waals surface area contributed by atoms with Crippen LogP contribution in [0.5, 0.6) is 5.75 Å². The molecule has 0 heterocycles. The molecule has 0 aliphatic heterocycles. The van der Waals surface area contributed by atoms with Crippen molar-refractivity contribution in [2.75, 3.05) is 0 Å². The van der Waals surface area contributed by atoms with Gasteiger partial charge in [0.1, 0.15) is 5.75 Å². The average Bonchev–Trinajstić information content (AvgIpc) is 2.18.